The number of nitrogens with zero attached hydrogens (tertiary/aromatic N) is 1. The van der Waals surface area contributed by atoms with Crippen LogP contribution in [0.25, 0.3) is 11.3 Å². The molecule has 0 radical (unpaired) electrons. The third-order valence-electron chi connectivity index (χ3n) is 4.36. The van der Waals surface area contributed by atoms with Crippen LogP contribution in [0.4, 0.5) is 0 Å². The molecule has 1 unspecified atom stereocenters. The van der Waals surface area contributed by atoms with Crippen molar-refractivity contribution in [3.63, 3.8) is 0 Å². The van der Waals surface area contributed by atoms with Gasteiger partial charge in [0.1, 0.15) is 5.75 Å². The SMILES string of the molecule is CCCCCC/C=C\Oc1ccc(-c2ccc(CCC(C)O)cc2)nc1. The zero-order valence-corrected chi connectivity index (χ0v) is 16.0. The van der Waals surface area contributed by atoms with Gasteiger partial charge in [0, 0.05) is 5.56 Å². The number of unbranched alkanes of at least 4 members (excludes halogenated alkanes) is 4. The first-order chi connectivity index (χ1) is 12.7. The van der Waals surface area contributed by atoms with Crippen LogP contribution in [-0.4, -0.2) is 16.2 Å². The Morgan fingerprint density at radius 2 is 1.88 bits per heavy atom. The Balaban J connectivity index is 1.82. The number of aliphatic hydroxyl groups is 1. The third-order valence-corrected chi connectivity index (χ3v) is 4.36. The van der Waals surface area contributed by atoms with Crippen molar-refractivity contribution in [1.29, 1.82) is 0 Å². The average molecular weight is 354 g/mol. The van der Waals surface area contributed by atoms with Gasteiger partial charge < -0.3 is 9.84 Å². The second-order valence-electron chi connectivity index (χ2n) is 6.80. The van der Waals surface area contributed by atoms with Crippen LogP contribution in [0.15, 0.2) is 54.9 Å². The Labute approximate surface area is 157 Å². The van der Waals surface area contributed by atoms with Crippen LogP contribution < -0.4 is 4.74 Å². The number of allylic oxidation sites excluding steroid dienone is 1. The lowest BCUT2D eigenvalue weighted by Gasteiger charge is -2.06. The first-order valence-corrected chi connectivity index (χ1v) is 9.74. The van der Waals surface area contributed by atoms with Gasteiger partial charge >= 0.3 is 0 Å². The molecule has 0 aliphatic heterocycles. The molecule has 0 aliphatic carbocycles. The topological polar surface area (TPSA) is 42.4 Å². The van der Waals surface area contributed by atoms with Gasteiger partial charge in [0.15, 0.2) is 0 Å². The van der Waals surface area contributed by atoms with Gasteiger partial charge in [-0.3, -0.25) is 4.98 Å². The summed E-state index contributed by atoms with van der Waals surface area (Å²) < 4.78 is 5.61. The van der Waals surface area contributed by atoms with E-state index >= 15 is 0 Å². The van der Waals surface area contributed by atoms with E-state index in [9.17, 15) is 5.11 Å². The first-order valence-electron chi connectivity index (χ1n) is 9.74. The number of hydrogen-bond donors (Lipinski definition) is 1. The highest BCUT2D eigenvalue weighted by Crippen LogP contribution is 2.21. The number of pyridine rings is 1. The Bertz CT molecular complexity index is 645. The molecule has 1 aromatic carbocycles. The summed E-state index contributed by atoms with van der Waals surface area (Å²) in [4.78, 5) is 4.49. The van der Waals surface area contributed by atoms with Crippen LogP contribution in [0.2, 0.25) is 0 Å². The predicted molar refractivity (Wildman–Crippen MR) is 108 cm³/mol. The summed E-state index contributed by atoms with van der Waals surface area (Å²) in [6.45, 7) is 4.05. The summed E-state index contributed by atoms with van der Waals surface area (Å²) in [6, 6.07) is 12.3. The molecular formula is C23H31NO2. The second kappa shape index (κ2) is 11.5. The Morgan fingerprint density at radius 1 is 1.08 bits per heavy atom. The number of aryl methyl sites for hydroxylation is 1. The highest BCUT2D eigenvalue weighted by Gasteiger charge is 2.02. The van der Waals surface area contributed by atoms with Crippen molar-refractivity contribution in [2.75, 3.05) is 0 Å². The van der Waals surface area contributed by atoms with Crippen LogP contribution in [0.5, 0.6) is 5.75 Å². The van der Waals surface area contributed by atoms with E-state index in [2.05, 4.69) is 42.2 Å². The maximum absolute atomic E-state index is 9.37. The van der Waals surface area contributed by atoms with Gasteiger partial charge in [0.2, 0.25) is 0 Å². The van der Waals surface area contributed by atoms with Gasteiger partial charge in [-0.15, -0.1) is 0 Å². The quantitative estimate of drug-likeness (QED) is 0.402. The summed E-state index contributed by atoms with van der Waals surface area (Å²) in [7, 11) is 0. The first kappa shape index (κ1) is 20.2. The summed E-state index contributed by atoms with van der Waals surface area (Å²) in [5.74, 6) is 0.757. The van der Waals surface area contributed by atoms with Crippen molar-refractivity contribution in [3.8, 4) is 17.0 Å². The zero-order valence-electron chi connectivity index (χ0n) is 16.0. The molecule has 2 rings (SSSR count). The number of aromatic nitrogens is 1. The van der Waals surface area contributed by atoms with Crippen LogP contribution in [0, 0.1) is 0 Å². The molecule has 0 fully saturated rings. The van der Waals surface area contributed by atoms with Gasteiger partial charge in [-0.05, 0) is 56.4 Å². The van der Waals surface area contributed by atoms with E-state index < -0.39 is 0 Å². The molecule has 0 spiro atoms. The molecule has 3 heteroatoms. The van der Waals surface area contributed by atoms with Gasteiger partial charge in [0.05, 0.1) is 24.3 Å². The van der Waals surface area contributed by atoms with Crippen molar-refractivity contribution in [3.05, 3.63) is 60.5 Å². The van der Waals surface area contributed by atoms with Gasteiger partial charge in [-0.25, -0.2) is 0 Å². The van der Waals surface area contributed by atoms with Crippen LogP contribution in [0.1, 0.15) is 57.9 Å². The summed E-state index contributed by atoms with van der Waals surface area (Å²) >= 11 is 0. The third kappa shape index (κ3) is 7.40. The molecule has 0 bridgehead atoms. The number of rotatable bonds is 11. The second-order valence-corrected chi connectivity index (χ2v) is 6.80. The molecule has 1 heterocycles. The van der Waals surface area contributed by atoms with E-state index in [0.29, 0.717) is 0 Å². The maximum Gasteiger partial charge on any atom is 0.144 e. The highest BCUT2D eigenvalue weighted by atomic mass is 16.5. The van der Waals surface area contributed by atoms with Gasteiger partial charge in [-0.2, -0.15) is 0 Å². The summed E-state index contributed by atoms with van der Waals surface area (Å²) in [6.07, 6.45) is 13.2. The Kier molecular flexibility index (Phi) is 8.91. The minimum atomic E-state index is -0.255. The fourth-order valence-electron chi connectivity index (χ4n) is 2.72. The zero-order chi connectivity index (χ0) is 18.6. The van der Waals surface area contributed by atoms with Crippen molar-refractivity contribution in [2.24, 2.45) is 0 Å². The molecule has 1 atom stereocenters. The minimum Gasteiger partial charge on any atom is -0.464 e. The largest absolute Gasteiger partial charge is 0.464 e. The molecule has 1 N–H and O–H groups in total. The lowest BCUT2D eigenvalue weighted by molar-refractivity contribution is 0.185. The molecule has 140 valence electrons. The van der Waals surface area contributed by atoms with Crippen LogP contribution in [-0.2, 0) is 6.42 Å². The lowest BCUT2D eigenvalue weighted by atomic mass is 10.0. The lowest BCUT2D eigenvalue weighted by Crippen LogP contribution is -2.01. The van der Waals surface area contributed by atoms with Gasteiger partial charge in [-0.1, -0.05) is 50.5 Å². The van der Waals surface area contributed by atoms with E-state index in [4.69, 9.17) is 4.74 Å². The Hall–Kier alpha value is -2.13. The molecule has 0 saturated heterocycles. The number of aliphatic hydroxyl groups excluding tert-OH is 1. The van der Waals surface area contributed by atoms with E-state index in [1.807, 2.05) is 19.1 Å². The number of benzene rings is 1. The van der Waals surface area contributed by atoms with Crippen molar-refractivity contribution in [1.82, 2.24) is 4.98 Å². The minimum absolute atomic E-state index is 0.255. The number of hydrogen-bond acceptors (Lipinski definition) is 3. The Morgan fingerprint density at radius 3 is 2.54 bits per heavy atom. The van der Waals surface area contributed by atoms with E-state index in [1.165, 1.54) is 31.2 Å². The molecule has 26 heavy (non-hydrogen) atoms. The van der Waals surface area contributed by atoms with E-state index in [-0.39, 0.29) is 6.10 Å². The molecular weight excluding hydrogens is 322 g/mol. The van der Waals surface area contributed by atoms with Crippen molar-refractivity contribution >= 4 is 0 Å². The predicted octanol–water partition coefficient (Wildman–Crippen LogP) is 5.92. The fourth-order valence-corrected chi connectivity index (χ4v) is 2.72. The van der Waals surface area contributed by atoms with Crippen molar-refractivity contribution in [2.45, 2.75) is 64.9 Å². The van der Waals surface area contributed by atoms with Gasteiger partial charge in [0.25, 0.3) is 0 Å². The van der Waals surface area contributed by atoms with E-state index in [1.54, 1.807) is 12.5 Å². The fraction of sp³-hybridized carbons (Fsp3) is 0.435. The molecule has 1 aromatic heterocycles. The monoisotopic (exact) mass is 353 g/mol. The average Bonchev–Trinajstić information content (AvgIpc) is 2.66. The smallest absolute Gasteiger partial charge is 0.144 e. The highest BCUT2D eigenvalue weighted by molar-refractivity contribution is 5.59. The van der Waals surface area contributed by atoms with Crippen LogP contribution >= 0.6 is 0 Å². The molecule has 0 saturated carbocycles. The standard InChI is InChI=1S/C23H31NO2/c1-3-4-5-6-7-8-17-26-22-15-16-23(24-18-22)21-13-11-20(12-14-21)10-9-19(2)25/h8,11-19,25H,3-7,9-10H2,1-2H3/b17-8-. The molecule has 2 aromatic rings. The van der Waals surface area contributed by atoms with Crippen molar-refractivity contribution < 1.29 is 9.84 Å². The molecule has 0 amide bonds. The number of ether oxygens (including phenoxy) is 1. The normalized spacial score (nSPS) is 12.4. The van der Waals surface area contributed by atoms with Crippen LogP contribution in [0.3, 0.4) is 0 Å². The maximum atomic E-state index is 9.37. The summed E-state index contributed by atoms with van der Waals surface area (Å²) in [5, 5.41) is 9.37. The summed E-state index contributed by atoms with van der Waals surface area (Å²) in [5.41, 5.74) is 3.26. The molecule has 0 aliphatic rings. The van der Waals surface area contributed by atoms with E-state index in [0.717, 1.165) is 36.3 Å². The molecule has 3 nitrogen and oxygen atoms in total.